The lowest BCUT2D eigenvalue weighted by molar-refractivity contribution is 0.316. The van der Waals surface area contributed by atoms with Gasteiger partial charge in [-0.15, -0.1) is 0 Å². The summed E-state index contributed by atoms with van der Waals surface area (Å²) in [5.41, 5.74) is 0.279. The summed E-state index contributed by atoms with van der Waals surface area (Å²) in [5.74, 6) is 0. The molecular weight excluding hydrogens is 378 g/mol. The van der Waals surface area contributed by atoms with Crippen LogP contribution in [0.25, 0.3) is 0 Å². The Morgan fingerprint density at radius 1 is 1.21 bits per heavy atom. The van der Waals surface area contributed by atoms with Crippen LogP contribution in [0.1, 0.15) is 18.5 Å². The molecule has 1 aliphatic heterocycles. The van der Waals surface area contributed by atoms with Crippen molar-refractivity contribution in [3.05, 3.63) is 31.0 Å². The minimum Gasteiger partial charge on any atom is -0.298 e. The maximum absolute atomic E-state index is 12.2. The van der Waals surface area contributed by atoms with Gasteiger partial charge in [-0.3, -0.25) is 18.8 Å². The highest BCUT2D eigenvalue weighted by Crippen LogP contribution is 2.17. The van der Waals surface area contributed by atoms with Crippen molar-refractivity contribution >= 4 is 31.9 Å². The molecule has 0 aromatic carbocycles. The van der Waals surface area contributed by atoms with Crippen molar-refractivity contribution in [2.24, 2.45) is 7.05 Å². The van der Waals surface area contributed by atoms with E-state index in [4.69, 9.17) is 0 Å². The summed E-state index contributed by atoms with van der Waals surface area (Å²) in [4.78, 5) is 26.5. The molecule has 1 aromatic rings. The smallest absolute Gasteiger partial charge is 0.298 e. The molecular formula is C12H17Br2N3O2. The first-order valence-corrected chi connectivity index (χ1v) is 8.24. The molecule has 2 rings (SSSR count). The van der Waals surface area contributed by atoms with E-state index in [2.05, 4.69) is 36.8 Å². The second-order valence-corrected chi connectivity index (χ2v) is 6.32. The summed E-state index contributed by atoms with van der Waals surface area (Å²) in [6, 6.07) is 0. The van der Waals surface area contributed by atoms with Gasteiger partial charge >= 0.3 is 5.69 Å². The topological polar surface area (TPSA) is 47.2 Å². The first-order chi connectivity index (χ1) is 9.06. The molecule has 0 unspecified atom stereocenters. The lowest BCUT2D eigenvalue weighted by Gasteiger charge is -2.20. The molecule has 0 spiro atoms. The van der Waals surface area contributed by atoms with E-state index in [1.807, 2.05) is 0 Å². The van der Waals surface area contributed by atoms with Crippen LogP contribution >= 0.6 is 31.9 Å². The molecule has 0 radical (unpaired) electrons. The molecule has 0 saturated carbocycles. The van der Waals surface area contributed by atoms with Crippen LogP contribution in [0.3, 0.4) is 0 Å². The van der Waals surface area contributed by atoms with E-state index < -0.39 is 0 Å². The van der Waals surface area contributed by atoms with Gasteiger partial charge in [0.1, 0.15) is 4.47 Å². The Hall–Kier alpha value is -0.400. The van der Waals surface area contributed by atoms with Crippen LogP contribution in [0.5, 0.6) is 0 Å². The van der Waals surface area contributed by atoms with Crippen molar-refractivity contribution in [3.63, 3.8) is 0 Å². The fraction of sp³-hybridized carbons (Fsp3) is 0.667. The molecule has 1 aromatic heterocycles. The zero-order valence-corrected chi connectivity index (χ0v) is 14.0. The molecule has 2 heterocycles. The van der Waals surface area contributed by atoms with Gasteiger partial charge in [0.2, 0.25) is 0 Å². The van der Waals surface area contributed by atoms with Crippen molar-refractivity contribution < 1.29 is 0 Å². The molecule has 0 atom stereocenters. The fourth-order valence-electron chi connectivity index (χ4n) is 2.39. The van der Waals surface area contributed by atoms with E-state index in [0.29, 0.717) is 22.9 Å². The first-order valence-electron chi connectivity index (χ1n) is 6.32. The second kappa shape index (κ2) is 6.37. The minimum absolute atomic E-state index is 0.248. The fourth-order valence-corrected chi connectivity index (χ4v) is 3.36. The monoisotopic (exact) mass is 393 g/mol. The number of likely N-dealkylation sites (tertiary alicyclic amines) is 1. The Balaban J connectivity index is 2.49. The Morgan fingerprint density at radius 3 is 2.42 bits per heavy atom. The van der Waals surface area contributed by atoms with Crippen molar-refractivity contribution in [3.8, 4) is 0 Å². The highest BCUT2D eigenvalue weighted by molar-refractivity contribution is 9.10. The van der Waals surface area contributed by atoms with Crippen molar-refractivity contribution in [2.75, 3.05) is 18.4 Å². The van der Waals surface area contributed by atoms with Gasteiger partial charge in [0.05, 0.1) is 5.69 Å². The number of hydrogen-bond acceptors (Lipinski definition) is 3. The quantitative estimate of drug-likeness (QED) is 0.723. The number of aromatic nitrogens is 2. The largest absolute Gasteiger partial charge is 0.331 e. The maximum atomic E-state index is 12.2. The summed E-state index contributed by atoms with van der Waals surface area (Å²) in [5, 5.41) is 0.685. The lowest BCUT2D eigenvalue weighted by atomic mass is 10.3. The summed E-state index contributed by atoms with van der Waals surface area (Å²) in [6.45, 7) is 3.28. The van der Waals surface area contributed by atoms with Crippen LogP contribution < -0.4 is 11.2 Å². The van der Waals surface area contributed by atoms with Crippen molar-refractivity contribution in [1.29, 1.82) is 0 Å². The van der Waals surface area contributed by atoms with E-state index in [0.717, 1.165) is 23.4 Å². The van der Waals surface area contributed by atoms with Gasteiger partial charge < -0.3 is 0 Å². The highest BCUT2D eigenvalue weighted by Gasteiger charge is 2.19. The number of nitrogens with zero attached hydrogens (tertiary/aromatic N) is 3. The molecule has 1 fully saturated rings. The van der Waals surface area contributed by atoms with E-state index in [9.17, 15) is 9.59 Å². The van der Waals surface area contributed by atoms with Gasteiger partial charge in [0, 0.05) is 25.5 Å². The lowest BCUT2D eigenvalue weighted by Crippen LogP contribution is -2.42. The summed E-state index contributed by atoms with van der Waals surface area (Å²) >= 11 is 6.72. The van der Waals surface area contributed by atoms with Crippen LogP contribution in [0.15, 0.2) is 14.1 Å². The zero-order chi connectivity index (χ0) is 14.0. The van der Waals surface area contributed by atoms with Crippen LogP contribution in [0.2, 0.25) is 0 Å². The Labute approximate surface area is 128 Å². The number of halogens is 2. The molecule has 1 aliphatic rings. The van der Waals surface area contributed by atoms with Crippen molar-refractivity contribution in [1.82, 2.24) is 14.0 Å². The SMILES string of the molecule is Cn1c(=O)c(Br)c(CN2CCCC2)n(CCBr)c1=O. The molecule has 19 heavy (non-hydrogen) atoms. The van der Waals surface area contributed by atoms with E-state index in [1.54, 1.807) is 4.57 Å². The van der Waals surface area contributed by atoms with E-state index in [-0.39, 0.29) is 11.2 Å². The van der Waals surface area contributed by atoms with Crippen LogP contribution in [-0.4, -0.2) is 32.5 Å². The minimum atomic E-state index is -0.259. The molecule has 1 saturated heterocycles. The van der Waals surface area contributed by atoms with E-state index >= 15 is 0 Å². The predicted octanol–water partition coefficient (Wildman–Crippen LogP) is 1.30. The Kier molecular flexibility index (Phi) is 5.03. The molecule has 7 heteroatoms. The third-order valence-corrected chi connectivity index (χ3v) is 4.62. The maximum Gasteiger partial charge on any atom is 0.331 e. The molecule has 0 amide bonds. The van der Waals surface area contributed by atoms with Crippen molar-refractivity contribution in [2.45, 2.75) is 25.9 Å². The molecule has 5 nitrogen and oxygen atoms in total. The van der Waals surface area contributed by atoms with Gasteiger partial charge in [-0.1, -0.05) is 15.9 Å². The average Bonchev–Trinajstić information content (AvgIpc) is 2.91. The summed E-state index contributed by atoms with van der Waals surface area (Å²) in [6.07, 6.45) is 2.37. The van der Waals surface area contributed by atoms with Gasteiger partial charge in [0.15, 0.2) is 0 Å². The van der Waals surface area contributed by atoms with E-state index in [1.165, 1.54) is 19.9 Å². The summed E-state index contributed by atoms with van der Waals surface area (Å²) < 4.78 is 3.33. The Morgan fingerprint density at radius 2 is 1.84 bits per heavy atom. The van der Waals surface area contributed by atoms with Gasteiger partial charge in [0.25, 0.3) is 5.56 Å². The third kappa shape index (κ3) is 3.03. The van der Waals surface area contributed by atoms with Gasteiger partial charge in [-0.2, -0.15) is 0 Å². The number of rotatable bonds is 4. The average molecular weight is 395 g/mol. The molecule has 106 valence electrons. The zero-order valence-electron chi connectivity index (χ0n) is 10.9. The Bertz CT molecular complexity index is 574. The second-order valence-electron chi connectivity index (χ2n) is 4.73. The standard InChI is InChI=1S/C12H17Br2N3O2/c1-15-11(18)10(14)9(8-16-5-2-3-6-16)17(7-4-13)12(15)19/h2-8H2,1H3. The first kappa shape index (κ1) is 15.0. The predicted molar refractivity (Wildman–Crippen MR) is 81.9 cm³/mol. The third-order valence-electron chi connectivity index (χ3n) is 3.47. The number of hydrogen-bond donors (Lipinski definition) is 0. The number of alkyl halides is 1. The normalized spacial score (nSPS) is 16.2. The highest BCUT2D eigenvalue weighted by atomic mass is 79.9. The molecule has 0 N–H and O–H groups in total. The summed E-state index contributed by atoms with van der Waals surface area (Å²) in [7, 11) is 1.51. The van der Waals surface area contributed by atoms with Crippen LogP contribution in [0, 0.1) is 0 Å². The van der Waals surface area contributed by atoms with Crippen LogP contribution in [-0.2, 0) is 20.1 Å². The van der Waals surface area contributed by atoms with Gasteiger partial charge in [-0.25, -0.2) is 4.79 Å². The van der Waals surface area contributed by atoms with Gasteiger partial charge in [-0.05, 0) is 41.9 Å². The molecule has 0 aliphatic carbocycles. The molecule has 0 bridgehead atoms. The van der Waals surface area contributed by atoms with Crippen LogP contribution in [0.4, 0.5) is 0 Å².